The van der Waals surface area contributed by atoms with Gasteiger partial charge in [0.25, 0.3) is 0 Å². The number of pyridine rings is 1. The van der Waals surface area contributed by atoms with E-state index in [2.05, 4.69) is 20.3 Å². The standard InChI is InChI=1S/C24H24ClN5O3/c1-13(2)8-20(32)22-16(14(3)9-15-12-27-28-23(15)22)10-19(31)18-11-21(33-4)29-30(18)24-17(25)6-5-7-26-24/h5-7,9,11-13H,8,10H2,1-4H3,(H,27,28). The molecule has 8 nitrogen and oxygen atoms in total. The number of hydrogen-bond donors (Lipinski definition) is 1. The van der Waals surface area contributed by atoms with Gasteiger partial charge in [0.15, 0.2) is 17.4 Å². The molecule has 170 valence electrons. The number of aromatic nitrogens is 5. The lowest BCUT2D eigenvalue weighted by molar-refractivity contribution is 0.0967. The largest absolute Gasteiger partial charge is 0.480 e. The predicted molar refractivity (Wildman–Crippen MR) is 126 cm³/mol. The summed E-state index contributed by atoms with van der Waals surface area (Å²) in [5, 5.41) is 12.5. The molecule has 0 saturated heterocycles. The van der Waals surface area contributed by atoms with Gasteiger partial charge in [0.2, 0.25) is 5.88 Å². The van der Waals surface area contributed by atoms with Crippen molar-refractivity contribution < 1.29 is 14.3 Å². The molecular formula is C24H24ClN5O3. The van der Waals surface area contributed by atoms with Crippen molar-refractivity contribution in [1.82, 2.24) is 25.0 Å². The zero-order valence-corrected chi connectivity index (χ0v) is 19.6. The maximum absolute atomic E-state index is 13.5. The van der Waals surface area contributed by atoms with Crippen molar-refractivity contribution in [3.8, 4) is 11.7 Å². The molecule has 0 fully saturated rings. The molecule has 0 unspecified atom stereocenters. The number of benzene rings is 1. The number of nitrogens with zero attached hydrogens (tertiary/aromatic N) is 4. The van der Waals surface area contributed by atoms with Gasteiger partial charge in [-0.15, -0.1) is 5.10 Å². The molecule has 4 aromatic rings. The third-order valence-electron chi connectivity index (χ3n) is 5.40. The number of H-pyrrole nitrogens is 1. The third kappa shape index (κ3) is 4.39. The minimum atomic E-state index is -0.243. The first-order valence-corrected chi connectivity index (χ1v) is 10.9. The number of Topliss-reactive ketones (excluding diaryl/α,β-unsaturated/α-hetero) is 2. The minimum absolute atomic E-state index is 0.000732. The molecule has 0 saturated carbocycles. The number of methoxy groups -OCH3 is 1. The second-order valence-corrected chi connectivity index (χ2v) is 8.70. The molecule has 3 aromatic heterocycles. The Labute approximate surface area is 195 Å². The molecule has 0 radical (unpaired) electrons. The summed E-state index contributed by atoms with van der Waals surface area (Å²) in [7, 11) is 1.47. The van der Waals surface area contributed by atoms with Crippen molar-refractivity contribution in [1.29, 1.82) is 0 Å². The van der Waals surface area contributed by atoms with Gasteiger partial charge in [0.1, 0.15) is 5.69 Å². The Hall–Kier alpha value is -3.52. The van der Waals surface area contributed by atoms with Crippen molar-refractivity contribution in [3.05, 3.63) is 64.1 Å². The lowest BCUT2D eigenvalue weighted by Gasteiger charge is -2.14. The van der Waals surface area contributed by atoms with Crippen molar-refractivity contribution in [3.63, 3.8) is 0 Å². The number of ether oxygens (including phenoxy) is 1. The van der Waals surface area contributed by atoms with Crippen LogP contribution >= 0.6 is 11.6 Å². The first kappa shape index (κ1) is 22.7. The summed E-state index contributed by atoms with van der Waals surface area (Å²) < 4.78 is 6.63. The smallest absolute Gasteiger partial charge is 0.233 e. The monoisotopic (exact) mass is 465 g/mol. The maximum Gasteiger partial charge on any atom is 0.233 e. The summed E-state index contributed by atoms with van der Waals surface area (Å²) in [5.74, 6) is 0.494. The van der Waals surface area contributed by atoms with E-state index >= 15 is 0 Å². The molecule has 0 amide bonds. The summed E-state index contributed by atoms with van der Waals surface area (Å²) in [6.07, 6.45) is 3.62. The van der Waals surface area contributed by atoms with E-state index in [0.717, 1.165) is 10.9 Å². The summed E-state index contributed by atoms with van der Waals surface area (Å²) in [6, 6.07) is 6.85. The van der Waals surface area contributed by atoms with Crippen LogP contribution in [-0.2, 0) is 6.42 Å². The number of aryl methyl sites for hydroxylation is 1. The fourth-order valence-corrected chi connectivity index (χ4v) is 4.09. The Kier molecular flexibility index (Phi) is 6.29. The van der Waals surface area contributed by atoms with Crippen molar-refractivity contribution >= 4 is 34.1 Å². The third-order valence-corrected chi connectivity index (χ3v) is 5.69. The van der Waals surface area contributed by atoms with Gasteiger partial charge < -0.3 is 4.74 Å². The number of hydrogen-bond acceptors (Lipinski definition) is 6. The number of aromatic amines is 1. The lowest BCUT2D eigenvalue weighted by atomic mass is 9.89. The molecule has 0 aliphatic rings. The normalized spacial score (nSPS) is 11.3. The fraction of sp³-hybridized carbons (Fsp3) is 0.292. The van der Waals surface area contributed by atoms with Gasteiger partial charge in [-0.3, -0.25) is 14.7 Å². The van der Waals surface area contributed by atoms with Crippen molar-refractivity contribution in [2.24, 2.45) is 5.92 Å². The van der Waals surface area contributed by atoms with Crippen LogP contribution in [0.1, 0.15) is 52.2 Å². The van der Waals surface area contributed by atoms with Crippen LogP contribution in [0, 0.1) is 12.8 Å². The molecule has 33 heavy (non-hydrogen) atoms. The average molecular weight is 466 g/mol. The van der Waals surface area contributed by atoms with Gasteiger partial charge in [-0.2, -0.15) is 5.10 Å². The topological polar surface area (TPSA) is 103 Å². The van der Waals surface area contributed by atoms with Gasteiger partial charge >= 0.3 is 0 Å². The number of carbonyl (C=O) groups is 2. The second kappa shape index (κ2) is 9.15. The van der Waals surface area contributed by atoms with E-state index in [0.29, 0.717) is 33.9 Å². The van der Waals surface area contributed by atoms with Gasteiger partial charge in [0.05, 0.1) is 23.8 Å². The molecule has 0 spiro atoms. The SMILES string of the molecule is COc1cc(C(=O)Cc2c(C)cc3cn[nH]c3c2C(=O)CC(C)C)n(-c2ncccc2Cl)n1. The zero-order chi connectivity index (χ0) is 23.7. The van der Waals surface area contributed by atoms with Crippen LogP contribution in [0.3, 0.4) is 0 Å². The quantitative estimate of drug-likeness (QED) is 0.376. The Bertz CT molecular complexity index is 1360. The first-order chi connectivity index (χ1) is 15.8. The Balaban J connectivity index is 1.81. The molecule has 1 aromatic carbocycles. The number of halogens is 1. The zero-order valence-electron chi connectivity index (χ0n) is 18.8. The molecule has 0 atom stereocenters. The van der Waals surface area contributed by atoms with Crippen LogP contribution in [-0.4, -0.2) is 43.6 Å². The predicted octanol–water partition coefficient (Wildman–Crippen LogP) is 4.77. The van der Waals surface area contributed by atoms with Crippen LogP contribution in [0.2, 0.25) is 5.02 Å². The number of rotatable bonds is 8. The van der Waals surface area contributed by atoms with Crippen LogP contribution in [0.5, 0.6) is 5.88 Å². The Morgan fingerprint density at radius 1 is 1.24 bits per heavy atom. The summed E-state index contributed by atoms with van der Waals surface area (Å²) in [5.41, 5.74) is 2.93. The minimum Gasteiger partial charge on any atom is -0.480 e. The number of ketones is 2. The summed E-state index contributed by atoms with van der Waals surface area (Å²) in [6.45, 7) is 5.88. The van der Waals surface area contributed by atoms with Gasteiger partial charge in [0, 0.05) is 36.1 Å². The van der Waals surface area contributed by atoms with Crippen LogP contribution in [0.15, 0.2) is 36.7 Å². The molecule has 4 rings (SSSR count). The maximum atomic E-state index is 13.5. The molecule has 0 bridgehead atoms. The highest BCUT2D eigenvalue weighted by Crippen LogP contribution is 2.29. The van der Waals surface area contributed by atoms with E-state index in [1.165, 1.54) is 11.8 Å². The van der Waals surface area contributed by atoms with Crippen molar-refractivity contribution in [2.45, 2.75) is 33.6 Å². The van der Waals surface area contributed by atoms with Crippen LogP contribution in [0.25, 0.3) is 16.7 Å². The fourth-order valence-electron chi connectivity index (χ4n) is 3.89. The molecular weight excluding hydrogens is 442 g/mol. The molecule has 0 aliphatic heterocycles. The van der Waals surface area contributed by atoms with E-state index in [1.807, 2.05) is 26.8 Å². The van der Waals surface area contributed by atoms with Crippen LogP contribution in [0.4, 0.5) is 0 Å². The van der Waals surface area contributed by atoms with E-state index in [-0.39, 0.29) is 35.5 Å². The number of nitrogens with one attached hydrogen (secondary N) is 1. The molecule has 9 heteroatoms. The van der Waals surface area contributed by atoms with Crippen molar-refractivity contribution in [2.75, 3.05) is 7.11 Å². The summed E-state index contributed by atoms with van der Waals surface area (Å²) >= 11 is 6.31. The lowest BCUT2D eigenvalue weighted by Crippen LogP contribution is -2.16. The molecule has 3 heterocycles. The van der Waals surface area contributed by atoms with Gasteiger partial charge in [-0.1, -0.05) is 25.4 Å². The molecule has 0 aliphatic carbocycles. The van der Waals surface area contributed by atoms with Gasteiger partial charge in [-0.25, -0.2) is 9.67 Å². The highest BCUT2D eigenvalue weighted by Gasteiger charge is 2.25. The second-order valence-electron chi connectivity index (χ2n) is 8.29. The Morgan fingerprint density at radius 3 is 2.73 bits per heavy atom. The van der Waals surface area contributed by atoms with E-state index in [1.54, 1.807) is 30.6 Å². The van der Waals surface area contributed by atoms with E-state index in [4.69, 9.17) is 16.3 Å². The van der Waals surface area contributed by atoms with Crippen LogP contribution < -0.4 is 4.74 Å². The average Bonchev–Trinajstić information content (AvgIpc) is 3.40. The summed E-state index contributed by atoms with van der Waals surface area (Å²) in [4.78, 5) is 31.0. The van der Waals surface area contributed by atoms with Gasteiger partial charge in [-0.05, 0) is 42.2 Å². The highest BCUT2D eigenvalue weighted by atomic mass is 35.5. The highest BCUT2D eigenvalue weighted by molar-refractivity contribution is 6.32. The first-order valence-electron chi connectivity index (χ1n) is 10.6. The number of fused-ring (bicyclic) bond motifs is 1. The van der Waals surface area contributed by atoms with E-state index in [9.17, 15) is 9.59 Å². The Morgan fingerprint density at radius 2 is 2.03 bits per heavy atom. The molecule has 1 N–H and O–H groups in total. The van der Waals surface area contributed by atoms with E-state index < -0.39 is 0 Å². The number of carbonyl (C=O) groups excluding carboxylic acids is 2.